The van der Waals surface area contributed by atoms with Crippen molar-refractivity contribution in [1.29, 1.82) is 0 Å². The third-order valence-corrected chi connectivity index (χ3v) is 16.1. The summed E-state index contributed by atoms with van der Waals surface area (Å²) in [6, 6.07) is 14.6. The van der Waals surface area contributed by atoms with Crippen LogP contribution in [0.4, 0.5) is 0 Å². The van der Waals surface area contributed by atoms with Crippen molar-refractivity contribution in [2.75, 3.05) is 0 Å². The zero-order chi connectivity index (χ0) is 29.0. The van der Waals surface area contributed by atoms with E-state index in [1.807, 2.05) is 27.7 Å². The maximum atomic E-state index is 10.1. The first-order valence-corrected chi connectivity index (χ1v) is 22.1. The van der Waals surface area contributed by atoms with Gasteiger partial charge in [0.05, 0.1) is 0 Å². The molecule has 0 atom stereocenters. The van der Waals surface area contributed by atoms with Crippen molar-refractivity contribution in [2.45, 2.75) is 90.4 Å². The maximum Gasteiger partial charge on any atom is 0.367 e. The Balaban J connectivity index is 0.000000382. The third-order valence-electron chi connectivity index (χ3n) is 6.57. The molecule has 0 aliphatic heterocycles. The van der Waals surface area contributed by atoms with Gasteiger partial charge in [0, 0.05) is 0 Å². The highest BCUT2D eigenvalue weighted by Crippen LogP contribution is 2.11. The fourth-order valence-electron chi connectivity index (χ4n) is 4.13. The minimum absolute atomic E-state index is 0.391. The monoisotopic (exact) mass is 600 g/mol. The van der Waals surface area contributed by atoms with Gasteiger partial charge in [0.15, 0.2) is 0 Å². The summed E-state index contributed by atoms with van der Waals surface area (Å²) in [6.45, 7) is 7.84. The average molecular weight is 601 g/mol. The Bertz CT molecular complexity index is 859. The molecule has 8 N–H and O–H groups in total. The van der Waals surface area contributed by atoms with Gasteiger partial charge in [-0.15, -0.1) is 0 Å². The van der Waals surface area contributed by atoms with Crippen LogP contribution < -0.4 is 20.7 Å². The van der Waals surface area contributed by atoms with E-state index in [1.165, 1.54) is 0 Å². The van der Waals surface area contributed by atoms with E-state index in [0.29, 0.717) is 44.9 Å². The highest BCUT2D eigenvalue weighted by atomic mass is 28.4. The van der Waals surface area contributed by atoms with Gasteiger partial charge in [-0.2, -0.15) is 0 Å². The maximum absolute atomic E-state index is 10.1. The predicted molar refractivity (Wildman–Crippen MR) is 162 cm³/mol. The summed E-state index contributed by atoms with van der Waals surface area (Å²) < 4.78 is 0. The van der Waals surface area contributed by atoms with E-state index in [9.17, 15) is 38.4 Å². The van der Waals surface area contributed by atoms with E-state index < -0.39 is 34.2 Å². The van der Waals surface area contributed by atoms with Crippen LogP contribution in [0.25, 0.3) is 0 Å². The number of unbranched alkanes of at least 4 members (excludes halogenated alkanes) is 2. The fraction of sp³-hybridized carbons (Fsp3) is 0.538. The summed E-state index contributed by atoms with van der Waals surface area (Å²) in [7, 11) is -13.4. The first-order chi connectivity index (χ1) is 17.7. The smallest absolute Gasteiger partial charge is 0.367 e. The summed E-state index contributed by atoms with van der Waals surface area (Å²) in [4.78, 5) is 80.4. The minimum Gasteiger partial charge on any atom is -0.407 e. The van der Waals surface area contributed by atoms with Crippen molar-refractivity contribution in [1.82, 2.24) is 0 Å². The van der Waals surface area contributed by atoms with Crippen LogP contribution in [0.1, 0.15) is 66.2 Å². The number of hydrogen-bond donors (Lipinski definition) is 8. The largest absolute Gasteiger partial charge is 0.407 e. The molecule has 12 heteroatoms. The van der Waals surface area contributed by atoms with E-state index in [2.05, 4.69) is 0 Å². The Hall–Kier alpha value is -1.01. The lowest BCUT2D eigenvalue weighted by molar-refractivity contribution is 0.374. The van der Waals surface area contributed by atoms with Gasteiger partial charge in [0.25, 0.3) is 0 Å². The molecule has 0 saturated carbocycles. The summed E-state index contributed by atoms with van der Waals surface area (Å²) in [5.74, 6) is 0. The summed E-state index contributed by atoms with van der Waals surface area (Å²) in [6.07, 6.45) is 4.86. The molecule has 2 aromatic carbocycles. The Kier molecular flexibility index (Phi) is 14.5. The quantitative estimate of drug-likeness (QED) is 0.144. The van der Waals surface area contributed by atoms with Crippen LogP contribution >= 0.6 is 0 Å². The van der Waals surface area contributed by atoms with Crippen LogP contribution in [0.5, 0.6) is 0 Å². The SMILES string of the molecule is CCCC[Si](O)(O)c1ccc([Si](O)(O)CCCC)cc1.CCC[Si](O)(O)c1ccc([Si](O)(O)CCC)cc1. The van der Waals surface area contributed by atoms with E-state index in [4.69, 9.17) is 0 Å². The van der Waals surface area contributed by atoms with Crippen LogP contribution in [-0.2, 0) is 0 Å². The van der Waals surface area contributed by atoms with Gasteiger partial charge in [-0.3, -0.25) is 0 Å². The molecule has 2 aromatic rings. The molecule has 0 spiro atoms. The zero-order valence-corrected chi connectivity index (χ0v) is 27.3. The van der Waals surface area contributed by atoms with Gasteiger partial charge in [-0.1, -0.05) is 115 Å². The lowest BCUT2D eigenvalue weighted by atomic mass is 10.4. The second-order valence-electron chi connectivity index (χ2n) is 10.1. The minimum atomic E-state index is -3.36. The van der Waals surface area contributed by atoms with E-state index in [-0.39, 0.29) is 0 Å². The predicted octanol–water partition coefficient (Wildman–Crippen LogP) is 0.329. The van der Waals surface area contributed by atoms with Crippen LogP contribution in [0, 0.1) is 0 Å². The molecule has 0 radical (unpaired) electrons. The van der Waals surface area contributed by atoms with Gasteiger partial charge in [-0.05, 0) is 44.9 Å². The fourth-order valence-corrected chi connectivity index (χ4v) is 11.2. The molecule has 0 aliphatic carbocycles. The van der Waals surface area contributed by atoms with E-state index >= 15 is 0 Å². The third kappa shape index (κ3) is 10.9. The van der Waals surface area contributed by atoms with Gasteiger partial charge in [0.1, 0.15) is 0 Å². The van der Waals surface area contributed by atoms with Crippen LogP contribution in [0.2, 0.25) is 24.2 Å². The lowest BCUT2D eigenvalue weighted by Gasteiger charge is -2.21. The molecular formula is C26H48O8Si4. The zero-order valence-electron chi connectivity index (χ0n) is 23.3. The molecular weight excluding hydrogens is 553 g/mol. The summed E-state index contributed by atoms with van der Waals surface area (Å²) >= 11 is 0. The summed E-state index contributed by atoms with van der Waals surface area (Å²) in [5, 5.41) is 2.12. The van der Waals surface area contributed by atoms with Crippen molar-refractivity contribution in [3.05, 3.63) is 48.5 Å². The second kappa shape index (κ2) is 15.7. The molecule has 0 amide bonds. The topological polar surface area (TPSA) is 162 Å². The molecule has 38 heavy (non-hydrogen) atoms. The van der Waals surface area contributed by atoms with E-state index in [1.54, 1.807) is 48.5 Å². The lowest BCUT2D eigenvalue weighted by Crippen LogP contribution is -2.51. The Morgan fingerprint density at radius 3 is 0.763 bits per heavy atom. The van der Waals surface area contributed by atoms with Crippen molar-refractivity contribution in [3.63, 3.8) is 0 Å². The van der Waals surface area contributed by atoms with Gasteiger partial charge in [-0.25, -0.2) is 0 Å². The van der Waals surface area contributed by atoms with Gasteiger partial charge >= 0.3 is 34.2 Å². The molecule has 0 saturated heterocycles. The Morgan fingerprint density at radius 2 is 0.579 bits per heavy atom. The first-order valence-electron chi connectivity index (χ1n) is 13.7. The molecule has 0 aliphatic rings. The van der Waals surface area contributed by atoms with Gasteiger partial charge < -0.3 is 38.4 Å². The van der Waals surface area contributed by atoms with Gasteiger partial charge in [0.2, 0.25) is 0 Å². The number of benzene rings is 2. The Morgan fingerprint density at radius 1 is 0.368 bits per heavy atom. The number of hydrogen-bond acceptors (Lipinski definition) is 8. The first kappa shape index (κ1) is 35.0. The molecule has 0 unspecified atom stereocenters. The standard InChI is InChI=1S/C14H26O4Si2.C12H22O4Si2/c1-3-5-11-19(15,16)13-7-9-14(10-8-13)20(17,18)12-6-4-2;1-3-9-17(13,14)11-5-7-12(8-6-11)18(15,16)10-4-2/h7-10,15-18H,3-6,11-12H2,1-2H3;5-8,13-16H,3-4,9-10H2,1-2H3. The molecule has 0 aromatic heterocycles. The van der Waals surface area contributed by atoms with E-state index in [0.717, 1.165) is 38.5 Å². The van der Waals surface area contributed by atoms with Crippen molar-refractivity contribution in [3.8, 4) is 0 Å². The second-order valence-corrected chi connectivity index (χ2v) is 21.0. The molecule has 0 fully saturated rings. The Labute approximate surface area is 231 Å². The molecule has 216 valence electrons. The molecule has 8 nitrogen and oxygen atoms in total. The van der Waals surface area contributed by atoms with Crippen LogP contribution in [0.3, 0.4) is 0 Å². The molecule has 0 heterocycles. The van der Waals surface area contributed by atoms with Crippen LogP contribution in [-0.4, -0.2) is 72.6 Å². The highest BCUT2D eigenvalue weighted by molar-refractivity contribution is 6.81. The highest BCUT2D eigenvalue weighted by Gasteiger charge is 2.35. The molecule has 2 rings (SSSR count). The van der Waals surface area contributed by atoms with Crippen molar-refractivity contribution in [2.24, 2.45) is 0 Å². The normalized spacial score (nSPS) is 12.7. The van der Waals surface area contributed by atoms with Crippen molar-refractivity contribution >= 4 is 55.0 Å². The van der Waals surface area contributed by atoms with Crippen molar-refractivity contribution < 1.29 is 38.4 Å². The summed E-state index contributed by atoms with van der Waals surface area (Å²) in [5.41, 5.74) is 0. The average Bonchev–Trinajstić information content (AvgIpc) is 2.87. The van der Waals surface area contributed by atoms with Crippen LogP contribution in [0.15, 0.2) is 48.5 Å². The molecule has 0 bridgehead atoms. The number of rotatable bonds is 14.